The number of nitrogens with one attached hydrogen (secondary N) is 2. The van der Waals surface area contributed by atoms with Gasteiger partial charge in [-0.25, -0.2) is 5.43 Å². The molecule has 0 rings (SSSR count). The van der Waals surface area contributed by atoms with E-state index < -0.39 is 0 Å². The predicted octanol–water partition coefficient (Wildman–Crippen LogP) is 4.28. The van der Waals surface area contributed by atoms with E-state index in [9.17, 15) is 10.0 Å². The third kappa shape index (κ3) is 22.4. The number of carbonyl (C=O) groups is 1. The van der Waals surface area contributed by atoms with Crippen LogP contribution in [0.5, 0.6) is 0 Å². The van der Waals surface area contributed by atoms with Gasteiger partial charge in [0.05, 0.1) is 6.54 Å². The molecule has 2 N–H and O–H groups in total. The van der Waals surface area contributed by atoms with Gasteiger partial charge in [-0.3, -0.25) is 9.97 Å². The Hall–Kier alpha value is 0.390. The summed E-state index contributed by atoms with van der Waals surface area (Å²) in [5.41, 5.74) is 2.45. The van der Waals surface area contributed by atoms with Crippen molar-refractivity contribution in [3.63, 3.8) is 0 Å². The van der Waals surface area contributed by atoms with Crippen molar-refractivity contribution >= 4 is 35.5 Å². The van der Waals surface area contributed by atoms with Crippen molar-refractivity contribution < 1.29 is 9.97 Å². The zero-order chi connectivity index (χ0) is 18.8. The van der Waals surface area contributed by atoms with Gasteiger partial charge >= 0.3 is 29.6 Å². The molecule has 0 heterocycles. The summed E-state index contributed by atoms with van der Waals surface area (Å²) in [5, 5.41) is 11.2. The minimum absolute atomic E-state index is 0. The minimum atomic E-state index is -0.132. The standard InChI is InChI=1S/C21H44N2O2.Na.H/c1-4-19-23(25)22-21(24)18-16-14-12-10-8-6-5-7-9-11-13-15-17-20(2)3;;/h20,23H,4-19H2,1-3H3,(H,22,24);;. The molecule has 152 valence electrons. The molecular weight excluding hydrogens is 335 g/mol. The third-order valence-electron chi connectivity index (χ3n) is 4.69. The van der Waals surface area contributed by atoms with Crippen molar-refractivity contribution in [3.05, 3.63) is 5.21 Å². The third-order valence-corrected chi connectivity index (χ3v) is 4.69. The maximum absolute atomic E-state index is 11.5. The summed E-state index contributed by atoms with van der Waals surface area (Å²) >= 11 is 0. The Labute approximate surface area is 185 Å². The van der Waals surface area contributed by atoms with Gasteiger partial charge in [-0.15, -0.1) is 0 Å². The average molecular weight is 381 g/mol. The summed E-state index contributed by atoms with van der Waals surface area (Å²) in [4.78, 5) is 11.5. The zero-order valence-electron chi connectivity index (χ0n) is 17.2. The van der Waals surface area contributed by atoms with E-state index >= 15 is 0 Å². The molecule has 0 bridgehead atoms. The molecule has 1 unspecified atom stereocenters. The number of hydroxylamine groups is 1. The molecule has 0 aliphatic heterocycles. The van der Waals surface area contributed by atoms with Crippen LogP contribution in [0.2, 0.25) is 0 Å². The van der Waals surface area contributed by atoms with Crippen molar-refractivity contribution in [1.82, 2.24) is 5.43 Å². The molecule has 1 amide bonds. The van der Waals surface area contributed by atoms with Gasteiger partial charge in [-0.05, 0) is 18.8 Å². The average Bonchev–Trinajstić information content (AvgIpc) is 2.55. The molecule has 0 aliphatic carbocycles. The fourth-order valence-electron chi connectivity index (χ4n) is 3.11. The van der Waals surface area contributed by atoms with E-state index in [1.807, 2.05) is 6.92 Å². The molecule has 0 spiro atoms. The molecule has 4 nitrogen and oxygen atoms in total. The Morgan fingerprint density at radius 2 is 1.27 bits per heavy atom. The first-order chi connectivity index (χ1) is 12.1. The normalized spacial score (nSPS) is 12.0. The number of hydrogen-bond acceptors (Lipinski definition) is 2. The van der Waals surface area contributed by atoms with Gasteiger partial charge in [-0.2, -0.15) is 0 Å². The maximum atomic E-state index is 11.5. The van der Waals surface area contributed by atoms with Gasteiger partial charge in [0.2, 0.25) is 0 Å². The van der Waals surface area contributed by atoms with Crippen LogP contribution in [-0.2, 0) is 4.79 Å². The molecular formula is C21H45N2NaO2. The van der Waals surface area contributed by atoms with Gasteiger partial charge in [-0.1, -0.05) is 97.8 Å². The number of rotatable bonds is 18. The molecule has 26 heavy (non-hydrogen) atoms. The second-order valence-electron chi connectivity index (χ2n) is 7.90. The Morgan fingerprint density at radius 3 is 1.69 bits per heavy atom. The first-order valence-corrected chi connectivity index (χ1v) is 10.9. The van der Waals surface area contributed by atoms with Crippen LogP contribution in [0.3, 0.4) is 0 Å². The molecule has 0 aromatic carbocycles. The number of unbranched alkanes of at least 4 members (excludes halogenated alkanes) is 11. The number of carbonyl (C=O) groups excluding carboxylic acids is 1. The van der Waals surface area contributed by atoms with Crippen molar-refractivity contribution in [1.29, 1.82) is 0 Å². The summed E-state index contributed by atoms with van der Waals surface area (Å²) in [6.07, 6.45) is 18.3. The van der Waals surface area contributed by atoms with Crippen LogP contribution in [0.1, 0.15) is 117 Å². The summed E-state index contributed by atoms with van der Waals surface area (Å²) in [5.74, 6) is 0.754. The molecule has 0 radical (unpaired) electrons. The molecule has 1 atom stereocenters. The van der Waals surface area contributed by atoms with E-state index in [1.165, 1.54) is 70.6 Å². The van der Waals surface area contributed by atoms with Gasteiger partial charge in [0.15, 0.2) is 0 Å². The predicted molar refractivity (Wildman–Crippen MR) is 114 cm³/mol. The van der Waals surface area contributed by atoms with Gasteiger partial charge < -0.3 is 5.21 Å². The summed E-state index contributed by atoms with van der Waals surface area (Å²) in [7, 11) is 0. The van der Waals surface area contributed by atoms with Crippen LogP contribution < -0.4 is 10.6 Å². The molecule has 0 saturated carbocycles. The Kier molecular flexibility index (Phi) is 23.9. The zero-order valence-corrected chi connectivity index (χ0v) is 17.2. The quantitative estimate of drug-likeness (QED) is 0.212. The van der Waals surface area contributed by atoms with Crippen LogP contribution in [0, 0.1) is 11.1 Å². The van der Waals surface area contributed by atoms with Gasteiger partial charge in [0.25, 0.3) is 5.91 Å². The molecule has 0 aromatic heterocycles. The monoisotopic (exact) mass is 380 g/mol. The van der Waals surface area contributed by atoms with E-state index in [0.29, 0.717) is 13.0 Å². The van der Waals surface area contributed by atoms with Crippen LogP contribution in [0.15, 0.2) is 0 Å². The summed E-state index contributed by atoms with van der Waals surface area (Å²) < 4.78 is 0. The van der Waals surface area contributed by atoms with Crippen LogP contribution in [0.4, 0.5) is 0 Å². The fourth-order valence-corrected chi connectivity index (χ4v) is 3.11. The van der Waals surface area contributed by atoms with E-state index in [4.69, 9.17) is 0 Å². The van der Waals surface area contributed by atoms with E-state index in [1.54, 1.807) is 0 Å². The Bertz CT molecular complexity index is 302. The van der Waals surface area contributed by atoms with Crippen LogP contribution in [0.25, 0.3) is 0 Å². The van der Waals surface area contributed by atoms with E-state index in [2.05, 4.69) is 19.3 Å². The van der Waals surface area contributed by atoms with E-state index in [-0.39, 0.29) is 40.6 Å². The number of amides is 1. The Balaban J connectivity index is 0. The number of hydrogen-bond donors (Lipinski definition) is 2. The van der Waals surface area contributed by atoms with Crippen LogP contribution >= 0.6 is 0 Å². The topological polar surface area (TPSA) is 56.6 Å². The van der Waals surface area contributed by atoms with Gasteiger partial charge in [0.1, 0.15) is 0 Å². The van der Waals surface area contributed by atoms with Crippen molar-refractivity contribution in [2.45, 2.75) is 117 Å². The van der Waals surface area contributed by atoms with Crippen LogP contribution in [-0.4, -0.2) is 42.0 Å². The first-order valence-electron chi connectivity index (χ1n) is 10.9. The molecule has 0 saturated heterocycles. The molecule has 0 fully saturated rings. The van der Waals surface area contributed by atoms with E-state index in [0.717, 1.165) is 25.2 Å². The van der Waals surface area contributed by atoms with Crippen molar-refractivity contribution in [3.8, 4) is 0 Å². The second-order valence-corrected chi connectivity index (χ2v) is 7.90. The van der Waals surface area contributed by atoms with Crippen molar-refractivity contribution in [2.24, 2.45) is 5.92 Å². The SMILES string of the molecule is CCC[NH+]([O-])NC(=O)CCCCCCCCCCCCCCC(C)C.[NaH]. The van der Waals surface area contributed by atoms with Gasteiger partial charge in [0, 0.05) is 6.42 Å². The summed E-state index contributed by atoms with van der Waals surface area (Å²) in [6, 6.07) is 0. The second kappa shape index (κ2) is 21.7. The van der Waals surface area contributed by atoms with Crippen molar-refractivity contribution in [2.75, 3.05) is 6.54 Å². The molecule has 0 aliphatic rings. The number of quaternary nitrogens is 1. The molecule has 0 aromatic rings. The Morgan fingerprint density at radius 1 is 0.846 bits per heavy atom. The molecule has 5 heteroatoms. The summed E-state index contributed by atoms with van der Waals surface area (Å²) in [6.45, 7) is 7.01. The fraction of sp³-hybridized carbons (Fsp3) is 0.952. The first kappa shape index (κ1) is 28.6.